The number of carbonyl (C=O) groups is 1. The number of rotatable bonds is 6. The number of aliphatic hydroxyl groups excluding tert-OH is 1. The fourth-order valence-electron chi connectivity index (χ4n) is 2.25. The first-order chi connectivity index (χ1) is 11.5. The predicted molar refractivity (Wildman–Crippen MR) is 92.7 cm³/mol. The van der Waals surface area contributed by atoms with Gasteiger partial charge in [-0.05, 0) is 36.2 Å². The lowest BCUT2D eigenvalue weighted by molar-refractivity contribution is 0.174. The first-order valence-electron chi connectivity index (χ1n) is 7.55. The van der Waals surface area contributed by atoms with E-state index in [-0.39, 0.29) is 12.6 Å². The van der Waals surface area contributed by atoms with Crippen LogP contribution in [0.3, 0.4) is 0 Å². The van der Waals surface area contributed by atoms with Gasteiger partial charge in [-0.2, -0.15) is 0 Å². The van der Waals surface area contributed by atoms with Crippen LogP contribution in [-0.2, 0) is 0 Å². The molecule has 128 valence electrons. The van der Waals surface area contributed by atoms with Gasteiger partial charge in [0.25, 0.3) is 0 Å². The largest absolute Gasteiger partial charge is 0.493 e. The Morgan fingerprint density at radius 1 is 1.12 bits per heavy atom. The van der Waals surface area contributed by atoms with Crippen molar-refractivity contribution in [2.24, 2.45) is 0 Å². The summed E-state index contributed by atoms with van der Waals surface area (Å²) in [6.45, 7) is 1.99. The summed E-state index contributed by atoms with van der Waals surface area (Å²) in [4.78, 5) is 11.9. The lowest BCUT2D eigenvalue weighted by atomic mass is 10.1. The van der Waals surface area contributed by atoms with Gasteiger partial charge in [0.1, 0.15) is 0 Å². The molecule has 0 aromatic heterocycles. The molecule has 2 rings (SSSR count). The van der Waals surface area contributed by atoms with Crippen LogP contribution in [0, 0.1) is 6.92 Å². The topological polar surface area (TPSA) is 79.8 Å². The summed E-state index contributed by atoms with van der Waals surface area (Å²) in [5, 5.41) is 15.6. The van der Waals surface area contributed by atoms with E-state index in [0.717, 1.165) is 11.3 Å². The molecule has 2 amide bonds. The molecule has 0 fully saturated rings. The second-order valence-electron chi connectivity index (χ2n) is 5.28. The smallest absolute Gasteiger partial charge is 0.319 e. The minimum atomic E-state index is -0.854. The molecule has 0 bridgehead atoms. The first kappa shape index (κ1) is 17.6. The SMILES string of the molecule is COc1ccc(C(O)CNC(=O)Nc2ccccc2C)cc1OC. The van der Waals surface area contributed by atoms with Crippen molar-refractivity contribution in [2.75, 3.05) is 26.1 Å². The highest BCUT2D eigenvalue weighted by Crippen LogP contribution is 2.29. The summed E-state index contributed by atoms with van der Waals surface area (Å²) < 4.78 is 10.4. The van der Waals surface area contributed by atoms with Crippen LogP contribution in [0.4, 0.5) is 10.5 Å². The van der Waals surface area contributed by atoms with Crippen molar-refractivity contribution in [3.8, 4) is 11.5 Å². The number of ether oxygens (including phenoxy) is 2. The van der Waals surface area contributed by atoms with Crippen molar-refractivity contribution in [1.29, 1.82) is 0 Å². The predicted octanol–water partition coefficient (Wildman–Crippen LogP) is 2.87. The Hall–Kier alpha value is -2.73. The minimum Gasteiger partial charge on any atom is -0.493 e. The molecule has 0 saturated heterocycles. The lowest BCUT2D eigenvalue weighted by Gasteiger charge is -2.15. The molecule has 3 N–H and O–H groups in total. The summed E-state index contributed by atoms with van der Waals surface area (Å²) in [5.74, 6) is 1.11. The van der Waals surface area contributed by atoms with Crippen LogP contribution in [0.25, 0.3) is 0 Å². The summed E-state index contributed by atoms with van der Waals surface area (Å²) in [5.41, 5.74) is 2.33. The molecule has 2 aromatic carbocycles. The van der Waals surface area contributed by atoms with Crippen LogP contribution in [-0.4, -0.2) is 31.9 Å². The first-order valence-corrected chi connectivity index (χ1v) is 7.55. The standard InChI is InChI=1S/C18H22N2O4/c1-12-6-4-5-7-14(12)20-18(22)19-11-15(21)13-8-9-16(23-2)17(10-13)24-3/h4-10,15,21H,11H2,1-3H3,(H2,19,20,22). The maximum Gasteiger partial charge on any atom is 0.319 e. The van der Waals surface area contributed by atoms with Crippen LogP contribution < -0.4 is 20.1 Å². The lowest BCUT2D eigenvalue weighted by Crippen LogP contribution is -2.32. The molecule has 1 unspecified atom stereocenters. The third-order valence-electron chi connectivity index (χ3n) is 3.64. The summed E-state index contributed by atoms with van der Waals surface area (Å²) in [7, 11) is 3.08. The number of aliphatic hydroxyl groups is 1. The molecule has 0 aliphatic heterocycles. The summed E-state index contributed by atoms with van der Waals surface area (Å²) >= 11 is 0. The van der Waals surface area contributed by atoms with E-state index in [1.807, 2.05) is 31.2 Å². The highest BCUT2D eigenvalue weighted by Gasteiger charge is 2.13. The van der Waals surface area contributed by atoms with Gasteiger partial charge >= 0.3 is 6.03 Å². The van der Waals surface area contributed by atoms with Crippen LogP contribution >= 0.6 is 0 Å². The molecule has 0 aliphatic rings. The number of benzene rings is 2. The molecule has 6 nitrogen and oxygen atoms in total. The average molecular weight is 330 g/mol. The Bertz CT molecular complexity index is 703. The average Bonchev–Trinajstić information content (AvgIpc) is 2.61. The van der Waals surface area contributed by atoms with E-state index in [1.54, 1.807) is 25.3 Å². The van der Waals surface area contributed by atoms with Gasteiger partial charge in [0.05, 0.1) is 20.3 Å². The van der Waals surface area contributed by atoms with Gasteiger partial charge in [0.15, 0.2) is 11.5 Å². The summed E-state index contributed by atoms with van der Waals surface area (Å²) in [6.07, 6.45) is -0.854. The number of hydrogen-bond donors (Lipinski definition) is 3. The van der Waals surface area contributed by atoms with Gasteiger partial charge in [-0.1, -0.05) is 24.3 Å². The zero-order chi connectivity index (χ0) is 17.5. The van der Waals surface area contributed by atoms with E-state index in [2.05, 4.69) is 10.6 Å². The van der Waals surface area contributed by atoms with Gasteiger partial charge in [0, 0.05) is 12.2 Å². The van der Waals surface area contributed by atoms with Gasteiger partial charge in [0.2, 0.25) is 0 Å². The van der Waals surface area contributed by atoms with E-state index in [4.69, 9.17) is 9.47 Å². The highest BCUT2D eigenvalue weighted by molar-refractivity contribution is 5.90. The van der Waals surface area contributed by atoms with Crippen LogP contribution in [0.2, 0.25) is 0 Å². The molecule has 0 spiro atoms. The fraction of sp³-hybridized carbons (Fsp3) is 0.278. The number of anilines is 1. The molecule has 24 heavy (non-hydrogen) atoms. The van der Waals surface area contributed by atoms with Gasteiger partial charge in [-0.3, -0.25) is 0 Å². The van der Waals surface area contributed by atoms with Gasteiger partial charge < -0.3 is 25.2 Å². The molecule has 0 heterocycles. The zero-order valence-corrected chi connectivity index (χ0v) is 14.0. The molecule has 1 atom stereocenters. The highest BCUT2D eigenvalue weighted by atomic mass is 16.5. The number of urea groups is 1. The van der Waals surface area contributed by atoms with Crippen molar-refractivity contribution in [3.63, 3.8) is 0 Å². The molecule has 6 heteroatoms. The summed E-state index contributed by atoms with van der Waals surface area (Å²) in [6, 6.07) is 12.2. The number of methoxy groups -OCH3 is 2. The molecule has 2 aromatic rings. The monoisotopic (exact) mass is 330 g/mol. The number of hydrogen-bond acceptors (Lipinski definition) is 4. The second-order valence-corrected chi connectivity index (χ2v) is 5.28. The number of amides is 2. The zero-order valence-electron chi connectivity index (χ0n) is 14.0. The number of carbonyl (C=O) groups excluding carboxylic acids is 1. The van der Waals surface area contributed by atoms with Crippen molar-refractivity contribution >= 4 is 11.7 Å². The second kappa shape index (κ2) is 8.21. The van der Waals surface area contributed by atoms with E-state index >= 15 is 0 Å². The van der Waals surface area contributed by atoms with Crippen molar-refractivity contribution in [2.45, 2.75) is 13.0 Å². The third kappa shape index (κ3) is 4.39. The maximum absolute atomic E-state index is 11.9. The normalized spacial score (nSPS) is 11.5. The van der Waals surface area contributed by atoms with Crippen molar-refractivity contribution in [1.82, 2.24) is 5.32 Å². The molecular formula is C18H22N2O4. The van der Waals surface area contributed by atoms with Crippen molar-refractivity contribution < 1.29 is 19.4 Å². The molecule has 0 radical (unpaired) electrons. The molecule has 0 aliphatic carbocycles. The Labute approximate surface area is 141 Å². The van der Waals surface area contributed by atoms with Crippen LogP contribution in [0.1, 0.15) is 17.2 Å². The van der Waals surface area contributed by atoms with Gasteiger partial charge in [-0.15, -0.1) is 0 Å². The Balaban J connectivity index is 1.94. The van der Waals surface area contributed by atoms with E-state index in [0.29, 0.717) is 17.1 Å². The maximum atomic E-state index is 11.9. The van der Waals surface area contributed by atoms with E-state index in [9.17, 15) is 9.90 Å². The number of para-hydroxylation sites is 1. The number of nitrogens with one attached hydrogen (secondary N) is 2. The molecular weight excluding hydrogens is 308 g/mol. The Morgan fingerprint density at radius 2 is 1.83 bits per heavy atom. The minimum absolute atomic E-state index is 0.0766. The quantitative estimate of drug-likeness (QED) is 0.761. The van der Waals surface area contributed by atoms with Crippen LogP contribution in [0.5, 0.6) is 11.5 Å². The number of aryl methyl sites for hydroxylation is 1. The van der Waals surface area contributed by atoms with E-state index < -0.39 is 6.10 Å². The van der Waals surface area contributed by atoms with E-state index in [1.165, 1.54) is 7.11 Å². The Kier molecular flexibility index (Phi) is 6.03. The van der Waals surface area contributed by atoms with Crippen molar-refractivity contribution in [3.05, 3.63) is 53.6 Å². The van der Waals surface area contributed by atoms with Gasteiger partial charge in [-0.25, -0.2) is 4.79 Å². The Morgan fingerprint density at radius 3 is 2.50 bits per heavy atom. The fourth-order valence-corrected chi connectivity index (χ4v) is 2.25. The molecule has 0 saturated carbocycles. The van der Waals surface area contributed by atoms with Crippen LogP contribution in [0.15, 0.2) is 42.5 Å². The third-order valence-corrected chi connectivity index (χ3v) is 3.64.